The Bertz CT molecular complexity index is 426. The van der Waals surface area contributed by atoms with Crippen molar-refractivity contribution in [3.8, 4) is 17.2 Å². The van der Waals surface area contributed by atoms with Gasteiger partial charge >= 0.3 is 0 Å². The highest BCUT2D eigenvalue weighted by atomic mass is 32.2. The minimum absolute atomic E-state index is 0.238. The molecule has 0 atom stereocenters. The number of unbranched alkanes of at least 4 members (excludes halogenated alkanes) is 3. The summed E-state index contributed by atoms with van der Waals surface area (Å²) in [6, 6.07) is 3.48. The predicted molar refractivity (Wildman–Crippen MR) is 82.8 cm³/mol. The third kappa shape index (κ3) is 4.49. The molecule has 0 aliphatic carbocycles. The zero-order valence-electron chi connectivity index (χ0n) is 12.0. The molecule has 1 heterocycles. The van der Waals surface area contributed by atoms with Gasteiger partial charge in [-0.15, -0.1) is 0 Å². The minimum Gasteiger partial charge on any atom is -0.507 e. The molecule has 0 spiro atoms. The fourth-order valence-electron chi connectivity index (χ4n) is 2.19. The van der Waals surface area contributed by atoms with Crippen molar-refractivity contribution in [1.82, 2.24) is 5.32 Å². The highest BCUT2D eigenvalue weighted by molar-refractivity contribution is 7.98. The van der Waals surface area contributed by atoms with Crippen LogP contribution in [0.4, 0.5) is 0 Å². The van der Waals surface area contributed by atoms with Crippen LogP contribution in [0, 0.1) is 0 Å². The second kappa shape index (κ2) is 8.27. The van der Waals surface area contributed by atoms with E-state index < -0.39 is 0 Å². The van der Waals surface area contributed by atoms with Crippen LogP contribution in [0.15, 0.2) is 12.1 Å². The third-order valence-corrected chi connectivity index (χ3v) is 4.04. The number of hydrogen-bond acceptors (Lipinski definition) is 5. The average Bonchev–Trinajstić information content (AvgIpc) is 2.88. The molecule has 1 aliphatic heterocycles. The highest BCUT2D eigenvalue weighted by Crippen LogP contribution is 2.37. The number of ether oxygens (including phenoxy) is 2. The molecule has 0 saturated carbocycles. The lowest BCUT2D eigenvalue weighted by Crippen LogP contribution is -2.14. The van der Waals surface area contributed by atoms with Crippen LogP contribution in [0.1, 0.15) is 31.2 Å². The number of phenolic OH excluding ortho intramolecular Hbond substituents is 1. The Hall–Kier alpha value is -1.07. The summed E-state index contributed by atoms with van der Waals surface area (Å²) in [6.07, 6.45) is 7.21. The number of aromatic hydroxyl groups is 1. The van der Waals surface area contributed by atoms with Crippen molar-refractivity contribution in [2.24, 2.45) is 0 Å². The average molecular weight is 297 g/mol. The molecule has 0 bridgehead atoms. The molecule has 112 valence electrons. The Morgan fingerprint density at radius 3 is 2.70 bits per heavy atom. The van der Waals surface area contributed by atoms with E-state index in [0.717, 1.165) is 17.9 Å². The van der Waals surface area contributed by atoms with Gasteiger partial charge in [0, 0.05) is 18.2 Å². The van der Waals surface area contributed by atoms with Gasteiger partial charge in [0.2, 0.25) is 6.79 Å². The van der Waals surface area contributed by atoms with Gasteiger partial charge < -0.3 is 19.9 Å². The minimum atomic E-state index is 0.238. The number of fused-ring (bicyclic) bond motifs is 1. The van der Waals surface area contributed by atoms with E-state index in [1.165, 1.54) is 31.4 Å². The van der Waals surface area contributed by atoms with Gasteiger partial charge in [0.1, 0.15) is 5.75 Å². The first-order valence-electron chi connectivity index (χ1n) is 7.12. The zero-order chi connectivity index (χ0) is 14.2. The fraction of sp³-hybridized carbons (Fsp3) is 0.600. The lowest BCUT2D eigenvalue weighted by atomic mass is 10.1. The quantitative estimate of drug-likeness (QED) is 0.686. The first-order valence-corrected chi connectivity index (χ1v) is 8.52. The molecule has 0 amide bonds. The van der Waals surface area contributed by atoms with Crippen LogP contribution in [0.3, 0.4) is 0 Å². The van der Waals surface area contributed by atoms with Gasteiger partial charge in [0.05, 0.1) is 0 Å². The topological polar surface area (TPSA) is 50.7 Å². The molecule has 0 fully saturated rings. The van der Waals surface area contributed by atoms with E-state index in [-0.39, 0.29) is 12.5 Å². The van der Waals surface area contributed by atoms with Crippen LogP contribution in [-0.4, -0.2) is 30.5 Å². The van der Waals surface area contributed by atoms with E-state index in [1.54, 1.807) is 6.07 Å². The van der Waals surface area contributed by atoms with Gasteiger partial charge in [-0.05, 0) is 37.5 Å². The molecule has 0 radical (unpaired) electrons. The summed E-state index contributed by atoms with van der Waals surface area (Å²) in [5.41, 5.74) is 0.858. The van der Waals surface area contributed by atoms with Gasteiger partial charge in [0.25, 0.3) is 0 Å². The molecule has 2 N–H and O–H groups in total. The molecule has 0 unspecified atom stereocenters. The molecule has 1 aliphatic rings. The van der Waals surface area contributed by atoms with E-state index in [2.05, 4.69) is 11.6 Å². The van der Waals surface area contributed by atoms with Crippen molar-refractivity contribution >= 4 is 11.8 Å². The van der Waals surface area contributed by atoms with Crippen molar-refractivity contribution in [2.45, 2.75) is 32.2 Å². The van der Waals surface area contributed by atoms with Crippen molar-refractivity contribution in [3.05, 3.63) is 17.7 Å². The summed E-state index contributed by atoms with van der Waals surface area (Å²) in [5, 5.41) is 13.3. The van der Waals surface area contributed by atoms with Gasteiger partial charge in [0.15, 0.2) is 11.5 Å². The lowest BCUT2D eigenvalue weighted by Gasteiger charge is -2.08. The summed E-state index contributed by atoms with van der Waals surface area (Å²) in [6.45, 7) is 1.88. The second-order valence-corrected chi connectivity index (χ2v) is 5.90. The summed E-state index contributed by atoms with van der Waals surface area (Å²) < 4.78 is 10.5. The number of rotatable bonds is 9. The normalized spacial score (nSPS) is 12.8. The van der Waals surface area contributed by atoms with E-state index in [4.69, 9.17) is 9.47 Å². The largest absolute Gasteiger partial charge is 0.507 e. The Morgan fingerprint density at radius 2 is 1.90 bits per heavy atom. The van der Waals surface area contributed by atoms with Crippen LogP contribution >= 0.6 is 11.8 Å². The molecule has 0 saturated heterocycles. The molecule has 0 aromatic heterocycles. The highest BCUT2D eigenvalue weighted by Gasteiger charge is 2.16. The van der Waals surface area contributed by atoms with E-state index in [0.29, 0.717) is 12.3 Å². The Balaban J connectivity index is 1.64. The van der Waals surface area contributed by atoms with Gasteiger partial charge in [-0.2, -0.15) is 11.8 Å². The van der Waals surface area contributed by atoms with Crippen LogP contribution in [0.2, 0.25) is 0 Å². The maximum absolute atomic E-state index is 9.90. The first-order chi connectivity index (χ1) is 9.81. The van der Waals surface area contributed by atoms with Crippen molar-refractivity contribution < 1.29 is 14.6 Å². The van der Waals surface area contributed by atoms with Crippen molar-refractivity contribution in [2.75, 3.05) is 25.3 Å². The van der Waals surface area contributed by atoms with Crippen molar-refractivity contribution in [3.63, 3.8) is 0 Å². The summed E-state index contributed by atoms with van der Waals surface area (Å²) in [5.74, 6) is 2.87. The smallest absolute Gasteiger partial charge is 0.231 e. The number of benzene rings is 1. The molecular formula is C15H23NO3S. The standard InChI is InChI=1S/C15H23NO3S/c1-20-7-5-3-2-4-6-16-10-12-8-14-15(9-13(12)17)19-11-18-14/h8-9,16-17H,2-7,10-11H2,1H3. The molecular weight excluding hydrogens is 274 g/mol. The number of hydrogen-bond donors (Lipinski definition) is 2. The maximum atomic E-state index is 9.90. The van der Waals surface area contributed by atoms with E-state index in [9.17, 15) is 5.11 Å². The van der Waals surface area contributed by atoms with Crippen molar-refractivity contribution in [1.29, 1.82) is 0 Å². The van der Waals surface area contributed by atoms with Crippen LogP contribution < -0.4 is 14.8 Å². The molecule has 1 aromatic rings. The molecule has 1 aromatic carbocycles. The third-order valence-electron chi connectivity index (χ3n) is 3.34. The molecule has 20 heavy (non-hydrogen) atoms. The maximum Gasteiger partial charge on any atom is 0.231 e. The fourth-order valence-corrected chi connectivity index (χ4v) is 2.68. The van der Waals surface area contributed by atoms with Crippen LogP contribution in [-0.2, 0) is 6.54 Å². The monoisotopic (exact) mass is 297 g/mol. The Morgan fingerprint density at radius 1 is 1.15 bits per heavy atom. The van der Waals surface area contributed by atoms with Gasteiger partial charge in [-0.1, -0.05) is 12.8 Å². The van der Waals surface area contributed by atoms with E-state index in [1.807, 2.05) is 17.8 Å². The molecule has 4 nitrogen and oxygen atoms in total. The number of phenols is 1. The molecule has 2 rings (SSSR count). The summed E-state index contributed by atoms with van der Waals surface area (Å²) in [7, 11) is 0. The van der Waals surface area contributed by atoms with Gasteiger partial charge in [-0.25, -0.2) is 0 Å². The summed E-state index contributed by atoms with van der Waals surface area (Å²) >= 11 is 1.91. The van der Waals surface area contributed by atoms with E-state index >= 15 is 0 Å². The SMILES string of the molecule is CSCCCCCCNCc1cc2c(cc1O)OCO2. The first kappa shape index (κ1) is 15.3. The second-order valence-electron chi connectivity index (χ2n) is 4.92. The lowest BCUT2D eigenvalue weighted by molar-refractivity contribution is 0.174. The molecule has 5 heteroatoms. The van der Waals surface area contributed by atoms with Gasteiger partial charge in [-0.3, -0.25) is 0 Å². The zero-order valence-corrected chi connectivity index (χ0v) is 12.8. The van der Waals surface area contributed by atoms with Crippen LogP contribution in [0.25, 0.3) is 0 Å². The predicted octanol–water partition coefficient (Wildman–Crippen LogP) is 3.13. The number of nitrogens with one attached hydrogen (secondary N) is 1. The number of thioether (sulfide) groups is 1. The summed E-state index contributed by atoms with van der Waals surface area (Å²) in [4.78, 5) is 0. The Labute approximate surface area is 124 Å². The Kier molecular flexibility index (Phi) is 6.33. The van der Waals surface area contributed by atoms with Crippen LogP contribution in [0.5, 0.6) is 17.2 Å².